The van der Waals surface area contributed by atoms with Gasteiger partial charge in [0.2, 0.25) is 5.91 Å². The smallest absolute Gasteiger partial charge is 0.237 e. The number of hydrogen-bond donors (Lipinski definition) is 0. The first kappa shape index (κ1) is 11.0. The molecule has 0 aliphatic carbocycles. The lowest BCUT2D eigenvalue weighted by Crippen LogP contribution is -2.48. The van der Waals surface area contributed by atoms with Crippen LogP contribution in [0.5, 0.6) is 0 Å². The second kappa shape index (κ2) is 4.45. The molecule has 0 aromatic rings. The summed E-state index contributed by atoms with van der Waals surface area (Å²) in [6.45, 7) is 7.22. The van der Waals surface area contributed by atoms with Crippen LogP contribution in [0.1, 0.15) is 33.6 Å². The van der Waals surface area contributed by atoms with Crippen molar-refractivity contribution in [3.05, 3.63) is 0 Å². The Labute approximate surface area is 85.7 Å². The first-order valence-corrected chi connectivity index (χ1v) is 5.22. The summed E-state index contributed by atoms with van der Waals surface area (Å²) in [4.78, 5) is 13.5. The van der Waals surface area contributed by atoms with E-state index in [-0.39, 0.29) is 18.4 Å². The van der Waals surface area contributed by atoms with Crippen LogP contribution in [0.3, 0.4) is 0 Å². The van der Waals surface area contributed by atoms with Gasteiger partial charge in [0.25, 0.3) is 0 Å². The lowest BCUT2D eigenvalue weighted by molar-refractivity contribution is -0.135. The van der Waals surface area contributed by atoms with Gasteiger partial charge >= 0.3 is 0 Å². The van der Waals surface area contributed by atoms with Crippen LogP contribution >= 0.6 is 0 Å². The van der Waals surface area contributed by atoms with E-state index >= 15 is 0 Å². The van der Waals surface area contributed by atoms with E-state index in [1.807, 2.05) is 11.0 Å². The molecule has 0 bridgehead atoms. The number of likely N-dealkylation sites (tertiary alicyclic amines) is 1. The van der Waals surface area contributed by atoms with Crippen molar-refractivity contribution in [3.8, 4) is 6.07 Å². The van der Waals surface area contributed by atoms with E-state index in [0.717, 1.165) is 6.54 Å². The lowest BCUT2D eigenvalue weighted by atomic mass is 9.86. The fourth-order valence-corrected chi connectivity index (χ4v) is 2.21. The normalized spacial score (nSPS) is 32.4. The van der Waals surface area contributed by atoms with Crippen molar-refractivity contribution in [1.82, 2.24) is 4.90 Å². The Morgan fingerprint density at radius 2 is 2.14 bits per heavy atom. The Hall–Kier alpha value is -1.04. The molecule has 14 heavy (non-hydrogen) atoms. The Balaban J connectivity index is 2.67. The molecule has 1 aliphatic heterocycles. The number of nitrogens with zero attached hydrogens (tertiary/aromatic N) is 2. The quantitative estimate of drug-likeness (QED) is 0.638. The largest absolute Gasteiger partial charge is 0.339 e. The monoisotopic (exact) mass is 194 g/mol. The molecule has 1 saturated heterocycles. The maximum atomic E-state index is 11.6. The Morgan fingerprint density at radius 1 is 1.50 bits per heavy atom. The summed E-state index contributed by atoms with van der Waals surface area (Å²) >= 11 is 0. The van der Waals surface area contributed by atoms with Crippen molar-refractivity contribution in [3.63, 3.8) is 0 Å². The van der Waals surface area contributed by atoms with Crippen molar-refractivity contribution < 1.29 is 4.79 Å². The minimum Gasteiger partial charge on any atom is -0.339 e. The van der Waals surface area contributed by atoms with E-state index in [4.69, 9.17) is 5.26 Å². The molecule has 1 amide bonds. The summed E-state index contributed by atoms with van der Waals surface area (Å²) in [5.74, 6) is 1.09. The molecule has 3 unspecified atom stereocenters. The third-order valence-corrected chi connectivity index (χ3v) is 3.15. The number of amides is 1. The summed E-state index contributed by atoms with van der Waals surface area (Å²) in [7, 11) is 0. The second-order valence-corrected chi connectivity index (χ2v) is 4.44. The average Bonchev–Trinajstić information content (AvgIpc) is 2.11. The first-order chi connectivity index (χ1) is 6.56. The predicted molar refractivity (Wildman–Crippen MR) is 54.4 cm³/mol. The minimum atomic E-state index is -0.0154. The summed E-state index contributed by atoms with van der Waals surface area (Å²) in [6, 6.07) is 2.21. The van der Waals surface area contributed by atoms with E-state index in [1.54, 1.807) is 0 Å². The molecule has 1 aliphatic rings. The van der Waals surface area contributed by atoms with E-state index < -0.39 is 0 Å². The van der Waals surface area contributed by atoms with Crippen molar-refractivity contribution >= 4 is 5.91 Å². The predicted octanol–water partition coefficient (Wildman–Crippen LogP) is 1.79. The lowest BCUT2D eigenvalue weighted by Gasteiger charge is -2.40. The van der Waals surface area contributed by atoms with Gasteiger partial charge in [-0.3, -0.25) is 4.79 Å². The standard InChI is InChI=1S/C11H18N2O/c1-8-6-9(2)10(3)13(7-8)11(14)4-5-12/h8-10H,4,6-7H2,1-3H3. The van der Waals surface area contributed by atoms with Gasteiger partial charge in [0, 0.05) is 12.6 Å². The number of nitriles is 1. The average molecular weight is 194 g/mol. The van der Waals surface area contributed by atoms with Crippen LogP contribution in [0, 0.1) is 23.2 Å². The molecule has 1 rings (SSSR count). The van der Waals surface area contributed by atoms with Gasteiger partial charge < -0.3 is 4.90 Å². The summed E-state index contributed by atoms with van der Waals surface area (Å²) < 4.78 is 0. The highest BCUT2D eigenvalue weighted by atomic mass is 16.2. The third-order valence-electron chi connectivity index (χ3n) is 3.15. The molecule has 1 fully saturated rings. The highest BCUT2D eigenvalue weighted by Gasteiger charge is 2.31. The van der Waals surface area contributed by atoms with Crippen molar-refractivity contribution in [2.75, 3.05) is 6.54 Å². The number of carbonyl (C=O) groups excluding carboxylic acids is 1. The van der Waals surface area contributed by atoms with Gasteiger partial charge in [0.05, 0.1) is 6.07 Å². The molecule has 0 radical (unpaired) electrons. The summed E-state index contributed by atoms with van der Waals surface area (Å²) in [6.07, 6.45) is 1.20. The highest BCUT2D eigenvalue weighted by Crippen LogP contribution is 2.27. The molecular weight excluding hydrogens is 176 g/mol. The maximum Gasteiger partial charge on any atom is 0.237 e. The van der Waals surface area contributed by atoms with Crippen LogP contribution < -0.4 is 0 Å². The molecule has 3 nitrogen and oxygen atoms in total. The first-order valence-electron chi connectivity index (χ1n) is 5.22. The van der Waals surface area contributed by atoms with Crippen LogP contribution in [-0.4, -0.2) is 23.4 Å². The number of piperidine rings is 1. The van der Waals surface area contributed by atoms with Crippen molar-refractivity contribution in [2.45, 2.75) is 39.7 Å². The van der Waals surface area contributed by atoms with Gasteiger partial charge in [-0.15, -0.1) is 0 Å². The van der Waals surface area contributed by atoms with Gasteiger partial charge in [0.1, 0.15) is 6.42 Å². The van der Waals surface area contributed by atoms with E-state index in [9.17, 15) is 4.79 Å². The van der Waals surface area contributed by atoms with Crippen molar-refractivity contribution in [1.29, 1.82) is 5.26 Å². The summed E-state index contributed by atoms with van der Waals surface area (Å²) in [5.41, 5.74) is 0. The molecule has 3 heteroatoms. The molecular formula is C11H18N2O. The van der Waals surface area contributed by atoms with E-state index in [2.05, 4.69) is 20.8 Å². The van der Waals surface area contributed by atoms with Crippen LogP contribution in [0.2, 0.25) is 0 Å². The number of hydrogen-bond acceptors (Lipinski definition) is 2. The van der Waals surface area contributed by atoms with Crippen molar-refractivity contribution in [2.24, 2.45) is 11.8 Å². The zero-order valence-electron chi connectivity index (χ0n) is 9.16. The van der Waals surface area contributed by atoms with Gasteiger partial charge in [-0.05, 0) is 25.2 Å². The van der Waals surface area contributed by atoms with Crippen LogP contribution in [0.15, 0.2) is 0 Å². The Morgan fingerprint density at radius 3 is 2.71 bits per heavy atom. The second-order valence-electron chi connectivity index (χ2n) is 4.44. The third kappa shape index (κ3) is 2.25. The molecule has 3 atom stereocenters. The van der Waals surface area contributed by atoms with Gasteiger partial charge in [0.15, 0.2) is 0 Å². The number of carbonyl (C=O) groups is 1. The molecule has 0 N–H and O–H groups in total. The van der Waals surface area contributed by atoms with Crippen LogP contribution in [0.25, 0.3) is 0 Å². The van der Waals surface area contributed by atoms with E-state index in [0.29, 0.717) is 11.8 Å². The van der Waals surface area contributed by atoms with Gasteiger partial charge in [-0.25, -0.2) is 0 Å². The van der Waals surface area contributed by atoms with Crippen LogP contribution in [0.4, 0.5) is 0 Å². The Bertz CT molecular complexity index is 257. The van der Waals surface area contributed by atoms with Crippen LogP contribution in [-0.2, 0) is 4.79 Å². The minimum absolute atomic E-state index is 0.0154. The SMILES string of the molecule is CC1CC(C)C(C)N(C(=O)CC#N)C1. The zero-order valence-corrected chi connectivity index (χ0v) is 9.16. The number of rotatable bonds is 1. The molecule has 0 aromatic heterocycles. The van der Waals surface area contributed by atoms with E-state index in [1.165, 1.54) is 6.42 Å². The molecule has 0 spiro atoms. The Kier molecular flexibility index (Phi) is 3.51. The molecule has 1 heterocycles. The highest BCUT2D eigenvalue weighted by molar-refractivity contribution is 5.78. The van der Waals surface area contributed by atoms with Gasteiger partial charge in [-0.2, -0.15) is 5.26 Å². The fourth-order valence-electron chi connectivity index (χ4n) is 2.21. The topological polar surface area (TPSA) is 44.1 Å². The molecule has 0 saturated carbocycles. The maximum absolute atomic E-state index is 11.6. The fraction of sp³-hybridized carbons (Fsp3) is 0.818. The van der Waals surface area contributed by atoms with Gasteiger partial charge in [-0.1, -0.05) is 13.8 Å². The molecule has 78 valence electrons. The zero-order chi connectivity index (χ0) is 10.7. The molecule has 0 aromatic carbocycles. The summed E-state index contributed by atoms with van der Waals surface area (Å²) in [5, 5.41) is 8.49.